The topological polar surface area (TPSA) is 81.8 Å². The maximum absolute atomic E-state index is 10.5. The van der Waals surface area contributed by atoms with Crippen LogP contribution in [0.1, 0.15) is 13.8 Å². The summed E-state index contributed by atoms with van der Waals surface area (Å²) in [7, 11) is 0. The van der Waals surface area contributed by atoms with E-state index in [-0.39, 0.29) is 13.2 Å². The van der Waals surface area contributed by atoms with Gasteiger partial charge in [-0.1, -0.05) is 0 Å². The lowest BCUT2D eigenvalue weighted by Gasteiger charge is -2.22. The molecule has 0 saturated heterocycles. The molecule has 3 N–H and O–H groups in total. The summed E-state index contributed by atoms with van der Waals surface area (Å²) in [5.74, 6) is -3.30. The predicted octanol–water partition coefficient (Wildman–Crippen LogP) is -0.809. The fourth-order valence-electron chi connectivity index (χ4n) is 0.575. The van der Waals surface area contributed by atoms with Crippen LogP contribution in [0.15, 0.2) is 0 Å². The summed E-state index contributed by atoms with van der Waals surface area (Å²) in [4.78, 5) is 10.5. The molecule has 5 heteroatoms. The quantitative estimate of drug-likeness (QED) is 0.519. The van der Waals surface area contributed by atoms with E-state index in [4.69, 9.17) is 10.8 Å². The van der Waals surface area contributed by atoms with Gasteiger partial charge in [0.2, 0.25) is 0 Å². The van der Waals surface area contributed by atoms with Crippen molar-refractivity contribution in [3.63, 3.8) is 0 Å². The first-order chi connectivity index (χ1) is 5.06. The van der Waals surface area contributed by atoms with Crippen molar-refractivity contribution in [3.05, 3.63) is 0 Å². The van der Waals surface area contributed by atoms with Gasteiger partial charge in [0.15, 0.2) is 0 Å². The van der Waals surface area contributed by atoms with Crippen LogP contribution >= 0.6 is 0 Å². The number of ether oxygens (including phenoxy) is 2. The van der Waals surface area contributed by atoms with E-state index >= 15 is 0 Å². The summed E-state index contributed by atoms with van der Waals surface area (Å²) in [5.41, 5.74) is 4.80. The van der Waals surface area contributed by atoms with Crippen LogP contribution in [0.3, 0.4) is 0 Å². The average molecular weight is 163 g/mol. The van der Waals surface area contributed by atoms with E-state index in [0.717, 1.165) is 0 Å². The lowest BCUT2D eigenvalue weighted by atomic mass is 10.5. The molecule has 11 heavy (non-hydrogen) atoms. The fraction of sp³-hybridized carbons (Fsp3) is 0.833. The molecule has 66 valence electrons. The van der Waals surface area contributed by atoms with Crippen LogP contribution < -0.4 is 5.73 Å². The monoisotopic (exact) mass is 163 g/mol. The van der Waals surface area contributed by atoms with E-state index in [2.05, 4.69) is 9.47 Å². The molecule has 0 unspecified atom stereocenters. The minimum Gasteiger partial charge on any atom is -0.363 e. The number of carbonyl (C=O) groups excluding carboxylic acids is 1. The van der Waals surface area contributed by atoms with Crippen LogP contribution in [-0.2, 0) is 14.3 Å². The van der Waals surface area contributed by atoms with Crippen LogP contribution in [0.5, 0.6) is 0 Å². The summed E-state index contributed by atoms with van der Waals surface area (Å²) >= 11 is 0. The second kappa shape index (κ2) is 4.27. The molecule has 0 aliphatic rings. The largest absolute Gasteiger partial charge is 0.365 e. The van der Waals surface area contributed by atoms with Gasteiger partial charge in [-0.25, -0.2) is 0 Å². The third kappa shape index (κ3) is 2.83. The molecule has 0 aliphatic heterocycles. The van der Waals surface area contributed by atoms with Gasteiger partial charge < -0.3 is 20.3 Å². The Morgan fingerprint density at radius 3 is 2.00 bits per heavy atom. The normalized spacial score (nSPS) is 11.5. The Hall–Kier alpha value is -0.650. The number of primary amides is 1. The Bertz CT molecular complexity index is 131. The number of aliphatic hydroxyl groups is 1. The Labute approximate surface area is 65.1 Å². The van der Waals surface area contributed by atoms with E-state index in [1.54, 1.807) is 13.8 Å². The van der Waals surface area contributed by atoms with Gasteiger partial charge in [0.05, 0.1) is 13.2 Å². The molecule has 0 fully saturated rings. The second-order valence-corrected chi connectivity index (χ2v) is 1.81. The smallest absolute Gasteiger partial charge is 0.363 e. The first-order valence-electron chi connectivity index (χ1n) is 3.37. The number of carbonyl (C=O) groups is 1. The first kappa shape index (κ1) is 10.3. The van der Waals surface area contributed by atoms with Crippen molar-refractivity contribution in [2.45, 2.75) is 19.8 Å². The summed E-state index contributed by atoms with van der Waals surface area (Å²) in [6.45, 7) is 3.54. The van der Waals surface area contributed by atoms with Crippen LogP contribution in [0.25, 0.3) is 0 Å². The van der Waals surface area contributed by atoms with Crippen molar-refractivity contribution < 1.29 is 19.4 Å². The molecule has 0 aromatic heterocycles. The van der Waals surface area contributed by atoms with Crippen molar-refractivity contribution in [2.75, 3.05) is 13.2 Å². The molecule has 0 rings (SSSR count). The van der Waals surface area contributed by atoms with E-state index in [1.165, 1.54) is 0 Å². The standard InChI is InChI=1S/C6H13NO4/c1-3-10-6(9,5(7)8)11-4-2/h9H,3-4H2,1-2H3,(H2,7,8). The van der Waals surface area contributed by atoms with Gasteiger partial charge in [-0.2, -0.15) is 0 Å². The fourth-order valence-corrected chi connectivity index (χ4v) is 0.575. The molecule has 0 aliphatic carbocycles. The Kier molecular flexibility index (Phi) is 4.02. The minimum atomic E-state index is -2.26. The van der Waals surface area contributed by atoms with Crippen LogP contribution in [0, 0.1) is 0 Å². The van der Waals surface area contributed by atoms with E-state index < -0.39 is 11.9 Å². The summed E-state index contributed by atoms with van der Waals surface area (Å²) in [5, 5.41) is 9.17. The highest BCUT2D eigenvalue weighted by molar-refractivity contribution is 5.79. The van der Waals surface area contributed by atoms with Crippen molar-refractivity contribution in [1.82, 2.24) is 0 Å². The summed E-state index contributed by atoms with van der Waals surface area (Å²) < 4.78 is 9.18. The van der Waals surface area contributed by atoms with Crippen LogP contribution in [0.2, 0.25) is 0 Å². The van der Waals surface area contributed by atoms with E-state index in [1.807, 2.05) is 0 Å². The Balaban J connectivity index is 4.13. The van der Waals surface area contributed by atoms with Crippen molar-refractivity contribution >= 4 is 5.91 Å². The highest BCUT2D eigenvalue weighted by Crippen LogP contribution is 2.07. The summed E-state index contributed by atoms with van der Waals surface area (Å²) in [6.07, 6.45) is 0. The van der Waals surface area contributed by atoms with Crippen molar-refractivity contribution in [1.29, 1.82) is 0 Å². The van der Waals surface area contributed by atoms with E-state index in [0.29, 0.717) is 0 Å². The molecule has 0 bridgehead atoms. The number of amides is 1. The number of nitrogens with two attached hydrogens (primary N) is 1. The van der Waals surface area contributed by atoms with Gasteiger partial charge in [-0.05, 0) is 13.8 Å². The summed E-state index contributed by atoms with van der Waals surface area (Å²) in [6, 6.07) is 0. The van der Waals surface area contributed by atoms with Gasteiger partial charge >= 0.3 is 11.9 Å². The molecule has 0 spiro atoms. The molecule has 0 radical (unpaired) electrons. The Morgan fingerprint density at radius 2 is 1.82 bits per heavy atom. The van der Waals surface area contributed by atoms with Gasteiger partial charge in [0.1, 0.15) is 0 Å². The van der Waals surface area contributed by atoms with E-state index in [9.17, 15) is 4.79 Å². The minimum absolute atomic E-state index is 0.152. The van der Waals surface area contributed by atoms with Gasteiger partial charge in [-0.3, -0.25) is 4.79 Å². The number of hydrogen-bond donors (Lipinski definition) is 2. The maximum atomic E-state index is 10.5. The molecule has 0 heterocycles. The number of hydrogen-bond acceptors (Lipinski definition) is 4. The highest BCUT2D eigenvalue weighted by Gasteiger charge is 2.35. The molecule has 0 aromatic rings. The molecule has 5 nitrogen and oxygen atoms in total. The van der Waals surface area contributed by atoms with Gasteiger partial charge in [-0.15, -0.1) is 0 Å². The lowest BCUT2D eigenvalue weighted by molar-refractivity contribution is -0.330. The molecule has 0 atom stereocenters. The van der Waals surface area contributed by atoms with Crippen LogP contribution in [-0.4, -0.2) is 30.2 Å². The van der Waals surface area contributed by atoms with Crippen molar-refractivity contribution in [3.8, 4) is 0 Å². The Morgan fingerprint density at radius 1 is 1.45 bits per heavy atom. The zero-order valence-electron chi connectivity index (χ0n) is 6.66. The predicted molar refractivity (Wildman–Crippen MR) is 37.4 cm³/mol. The first-order valence-corrected chi connectivity index (χ1v) is 3.37. The maximum Gasteiger partial charge on any atom is 0.365 e. The molecule has 0 saturated carbocycles. The van der Waals surface area contributed by atoms with Crippen molar-refractivity contribution in [2.24, 2.45) is 5.73 Å². The molecule has 0 aromatic carbocycles. The zero-order chi connectivity index (χ0) is 8.91. The van der Waals surface area contributed by atoms with Gasteiger partial charge in [0, 0.05) is 0 Å². The molecular formula is C6H13NO4. The average Bonchev–Trinajstić information content (AvgIpc) is 1.88. The number of rotatable bonds is 5. The SMILES string of the molecule is CCOC(O)(OCC)C(N)=O. The third-order valence-electron chi connectivity index (χ3n) is 0.991. The zero-order valence-corrected chi connectivity index (χ0v) is 6.66. The lowest BCUT2D eigenvalue weighted by Crippen LogP contribution is -2.48. The van der Waals surface area contributed by atoms with Crippen LogP contribution in [0.4, 0.5) is 0 Å². The molecular weight excluding hydrogens is 150 g/mol. The third-order valence-corrected chi connectivity index (χ3v) is 0.991. The second-order valence-electron chi connectivity index (χ2n) is 1.81. The highest BCUT2D eigenvalue weighted by atomic mass is 16.8. The van der Waals surface area contributed by atoms with Gasteiger partial charge in [0.25, 0.3) is 0 Å². The molecule has 1 amide bonds.